The quantitative estimate of drug-likeness (QED) is 0.814. The third-order valence-corrected chi connectivity index (χ3v) is 5.19. The number of nitrogens with one attached hydrogen (secondary N) is 1. The molecule has 3 rings (SSSR count). The summed E-state index contributed by atoms with van der Waals surface area (Å²) in [5.41, 5.74) is 1.03. The van der Waals surface area contributed by atoms with Crippen LogP contribution in [0.25, 0.3) is 10.2 Å². The van der Waals surface area contributed by atoms with Crippen molar-refractivity contribution in [1.29, 1.82) is 0 Å². The fourth-order valence-corrected chi connectivity index (χ4v) is 3.68. The summed E-state index contributed by atoms with van der Waals surface area (Å²) in [5, 5.41) is 4.08. The number of aryl methyl sites for hydroxylation is 1. The molecule has 118 valence electrons. The van der Waals surface area contributed by atoms with Crippen LogP contribution in [0.2, 0.25) is 0 Å². The van der Waals surface area contributed by atoms with Gasteiger partial charge in [-0.15, -0.1) is 11.3 Å². The summed E-state index contributed by atoms with van der Waals surface area (Å²) >= 11 is 1.68. The molecular formula is C17H23N3OS. The SMILES string of the molecule is CCN(CCNC(=O)CCc1nc2ccccc2s1)C1CC1. The fourth-order valence-electron chi connectivity index (χ4n) is 2.71. The van der Waals surface area contributed by atoms with Gasteiger partial charge in [0.05, 0.1) is 15.2 Å². The van der Waals surface area contributed by atoms with Gasteiger partial charge in [0.2, 0.25) is 5.91 Å². The molecule has 0 unspecified atom stereocenters. The molecular weight excluding hydrogens is 294 g/mol. The Kier molecular flexibility index (Phi) is 5.05. The molecule has 1 fully saturated rings. The van der Waals surface area contributed by atoms with Gasteiger partial charge in [0, 0.05) is 32.0 Å². The van der Waals surface area contributed by atoms with Crippen LogP contribution in [0.4, 0.5) is 0 Å². The van der Waals surface area contributed by atoms with Crippen molar-refractivity contribution in [3.05, 3.63) is 29.3 Å². The maximum Gasteiger partial charge on any atom is 0.220 e. The van der Waals surface area contributed by atoms with Crippen LogP contribution in [0, 0.1) is 0 Å². The smallest absolute Gasteiger partial charge is 0.220 e. The molecule has 0 aliphatic heterocycles. The molecule has 0 saturated heterocycles. The number of benzene rings is 1. The molecule has 1 aromatic carbocycles. The van der Waals surface area contributed by atoms with Crippen molar-refractivity contribution in [2.45, 2.75) is 38.6 Å². The number of nitrogens with zero attached hydrogens (tertiary/aromatic N) is 2. The minimum Gasteiger partial charge on any atom is -0.355 e. The highest BCUT2D eigenvalue weighted by molar-refractivity contribution is 7.18. The average Bonchev–Trinajstić information content (AvgIpc) is 3.28. The predicted octanol–water partition coefficient (Wildman–Crippen LogP) is 2.83. The van der Waals surface area contributed by atoms with Crippen LogP contribution < -0.4 is 5.32 Å². The number of likely N-dealkylation sites (N-methyl/N-ethyl adjacent to an activating group) is 1. The second-order valence-electron chi connectivity index (χ2n) is 5.79. The van der Waals surface area contributed by atoms with Gasteiger partial charge >= 0.3 is 0 Å². The summed E-state index contributed by atoms with van der Waals surface area (Å²) in [4.78, 5) is 19.0. The number of carbonyl (C=O) groups excluding carboxylic acids is 1. The topological polar surface area (TPSA) is 45.2 Å². The first-order valence-electron chi connectivity index (χ1n) is 8.11. The molecule has 4 nitrogen and oxygen atoms in total. The van der Waals surface area contributed by atoms with E-state index in [0.29, 0.717) is 6.42 Å². The molecule has 1 aliphatic rings. The van der Waals surface area contributed by atoms with Gasteiger partial charge in [0.1, 0.15) is 0 Å². The Labute approximate surface area is 135 Å². The van der Waals surface area contributed by atoms with Gasteiger partial charge in [-0.25, -0.2) is 4.98 Å². The second kappa shape index (κ2) is 7.20. The maximum atomic E-state index is 11.9. The van der Waals surface area contributed by atoms with E-state index < -0.39 is 0 Å². The number of aromatic nitrogens is 1. The highest BCUT2D eigenvalue weighted by atomic mass is 32.1. The Balaban J connectivity index is 1.40. The van der Waals surface area contributed by atoms with Gasteiger partial charge in [-0.1, -0.05) is 19.1 Å². The highest BCUT2D eigenvalue weighted by Gasteiger charge is 2.27. The molecule has 1 amide bonds. The van der Waals surface area contributed by atoms with E-state index in [0.717, 1.165) is 42.6 Å². The van der Waals surface area contributed by atoms with Gasteiger partial charge in [0.15, 0.2) is 0 Å². The Bertz CT molecular complexity index is 603. The fraction of sp³-hybridized carbons (Fsp3) is 0.529. The van der Waals surface area contributed by atoms with Crippen molar-refractivity contribution in [2.75, 3.05) is 19.6 Å². The number of para-hydroxylation sites is 1. The molecule has 0 atom stereocenters. The molecule has 5 heteroatoms. The second-order valence-corrected chi connectivity index (χ2v) is 6.90. The predicted molar refractivity (Wildman–Crippen MR) is 91.2 cm³/mol. The monoisotopic (exact) mass is 317 g/mol. The van der Waals surface area contributed by atoms with E-state index in [4.69, 9.17) is 0 Å². The molecule has 1 aromatic heterocycles. The first kappa shape index (κ1) is 15.4. The molecule has 1 N–H and O–H groups in total. The number of amides is 1. The molecule has 0 spiro atoms. The Morgan fingerprint density at radius 2 is 2.23 bits per heavy atom. The largest absolute Gasteiger partial charge is 0.355 e. The summed E-state index contributed by atoms with van der Waals surface area (Å²) in [6, 6.07) is 8.89. The van der Waals surface area contributed by atoms with Crippen molar-refractivity contribution in [3.63, 3.8) is 0 Å². The standard InChI is InChI=1S/C17H23N3OS/c1-2-20(13-7-8-13)12-11-18-16(21)9-10-17-19-14-5-3-4-6-15(14)22-17/h3-6,13H,2,7-12H2,1H3,(H,18,21). The van der Waals surface area contributed by atoms with Gasteiger partial charge < -0.3 is 5.32 Å². The number of rotatable bonds is 8. The van der Waals surface area contributed by atoms with Crippen LogP contribution >= 0.6 is 11.3 Å². The van der Waals surface area contributed by atoms with Crippen LogP contribution in [0.3, 0.4) is 0 Å². The zero-order valence-electron chi connectivity index (χ0n) is 13.0. The molecule has 2 aromatic rings. The lowest BCUT2D eigenvalue weighted by Crippen LogP contribution is -2.36. The molecule has 22 heavy (non-hydrogen) atoms. The number of thiazole rings is 1. The lowest BCUT2D eigenvalue weighted by molar-refractivity contribution is -0.121. The zero-order chi connectivity index (χ0) is 15.4. The Morgan fingerprint density at radius 1 is 1.41 bits per heavy atom. The molecule has 0 radical (unpaired) electrons. The van der Waals surface area contributed by atoms with Crippen LogP contribution in [0.1, 0.15) is 31.2 Å². The van der Waals surface area contributed by atoms with E-state index in [2.05, 4.69) is 28.2 Å². The highest BCUT2D eigenvalue weighted by Crippen LogP contribution is 2.25. The Morgan fingerprint density at radius 3 is 2.95 bits per heavy atom. The van der Waals surface area contributed by atoms with Crippen molar-refractivity contribution < 1.29 is 4.79 Å². The van der Waals surface area contributed by atoms with E-state index in [1.165, 1.54) is 17.5 Å². The number of carbonyl (C=O) groups is 1. The van der Waals surface area contributed by atoms with Gasteiger partial charge in [-0.05, 0) is 31.5 Å². The van der Waals surface area contributed by atoms with Crippen LogP contribution in [0.5, 0.6) is 0 Å². The third kappa shape index (κ3) is 4.05. The number of hydrogen-bond donors (Lipinski definition) is 1. The van der Waals surface area contributed by atoms with Gasteiger partial charge in [-0.2, -0.15) is 0 Å². The molecule has 1 aliphatic carbocycles. The van der Waals surface area contributed by atoms with Crippen molar-refractivity contribution >= 4 is 27.5 Å². The normalized spacial score (nSPS) is 14.6. The van der Waals surface area contributed by atoms with Crippen molar-refractivity contribution in [2.24, 2.45) is 0 Å². The zero-order valence-corrected chi connectivity index (χ0v) is 13.9. The lowest BCUT2D eigenvalue weighted by Gasteiger charge is -2.19. The van der Waals surface area contributed by atoms with E-state index in [1.54, 1.807) is 11.3 Å². The van der Waals surface area contributed by atoms with E-state index in [1.807, 2.05) is 18.2 Å². The van der Waals surface area contributed by atoms with Crippen LogP contribution in [-0.2, 0) is 11.2 Å². The third-order valence-electron chi connectivity index (χ3n) is 4.09. The summed E-state index contributed by atoms with van der Waals surface area (Å²) in [6.45, 7) is 4.98. The van der Waals surface area contributed by atoms with Gasteiger partial charge in [-0.3, -0.25) is 9.69 Å². The molecule has 0 bridgehead atoms. The van der Waals surface area contributed by atoms with Crippen molar-refractivity contribution in [1.82, 2.24) is 15.2 Å². The first-order chi connectivity index (χ1) is 10.8. The Hall–Kier alpha value is -1.46. The summed E-state index contributed by atoms with van der Waals surface area (Å²) in [7, 11) is 0. The number of fused-ring (bicyclic) bond motifs is 1. The minimum absolute atomic E-state index is 0.131. The van der Waals surface area contributed by atoms with E-state index in [9.17, 15) is 4.79 Å². The summed E-state index contributed by atoms with van der Waals surface area (Å²) in [5.74, 6) is 0.131. The van der Waals surface area contributed by atoms with E-state index >= 15 is 0 Å². The average molecular weight is 317 g/mol. The minimum atomic E-state index is 0.131. The van der Waals surface area contributed by atoms with Gasteiger partial charge in [0.25, 0.3) is 0 Å². The lowest BCUT2D eigenvalue weighted by atomic mass is 10.3. The number of hydrogen-bond acceptors (Lipinski definition) is 4. The van der Waals surface area contributed by atoms with E-state index in [-0.39, 0.29) is 5.91 Å². The van der Waals surface area contributed by atoms with Crippen molar-refractivity contribution in [3.8, 4) is 0 Å². The van der Waals surface area contributed by atoms with Crippen LogP contribution in [0.15, 0.2) is 24.3 Å². The molecule has 1 heterocycles. The first-order valence-corrected chi connectivity index (χ1v) is 8.93. The summed E-state index contributed by atoms with van der Waals surface area (Å²) < 4.78 is 1.20. The summed E-state index contributed by atoms with van der Waals surface area (Å²) in [6.07, 6.45) is 3.89. The molecule has 1 saturated carbocycles. The maximum absolute atomic E-state index is 11.9. The van der Waals surface area contributed by atoms with Crippen LogP contribution in [-0.4, -0.2) is 41.5 Å².